The topological polar surface area (TPSA) is 35.6 Å². The first-order chi connectivity index (χ1) is 4.22. The molecule has 1 aliphatic rings. The summed E-state index contributed by atoms with van der Waals surface area (Å²) in [5.74, 6) is 0. The summed E-state index contributed by atoms with van der Waals surface area (Å²) >= 11 is 0. The highest BCUT2D eigenvalue weighted by Crippen LogP contribution is 1.94. The number of hydrogen-bond acceptors (Lipinski definition) is 2. The second-order valence-electron chi connectivity index (χ2n) is 2.24. The summed E-state index contributed by atoms with van der Waals surface area (Å²) in [7, 11) is 3.54. The maximum Gasteiger partial charge on any atom is 0.321 e. The third kappa shape index (κ3) is 1.13. The lowest BCUT2D eigenvalue weighted by Gasteiger charge is -2.30. The van der Waals surface area contributed by atoms with E-state index in [4.69, 9.17) is 0 Å². The van der Waals surface area contributed by atoms with Crippen LogP contribution in [0, 0.1) is 0 Å². The Labute approximate surface area is 54.4 Å². The Morgan fingerprint density at radius 1 is 1.33 bits per heavy atom. The van der Waals surface area contributed by atoms with Crippen molar-refractivity contribution in [2.75, 3.05) is 27.4 Å². The molecule has 0 atom stereocenters. The lowest BCUT2D eigenvalue weighted by atomic mass is 10.6. The minimum atomic E-state index is 0.0775. The van der Waals surface area contributed by atoms with Crippen LogP contribution in [0.1, 0.15) is 0 Å². The van der Waals surface area contributed by atoms with Crippen molar-refractivity contribution in [3.8, 4) is 0 Å². The lowest BCUT2D eigenvalue weighted by Crippen LogP contribution is -2.53. The highest BCUT2D eigenvalue weighted by molar-refractivity contribution is 5.74. The zero-order valence-electron chi connectivity index (χ0n) is 5.72. The molecule has 0 aliphatic carbocycles. The SMILES string of the molecule is CN1CNCN(C)C1=O. The Hall–Kier alpha value is -0.770. The molecule has 4 heteroatoms. The number of rotatable bonds is 0. The van der Waals surface area contributed by atoms with Crippen LogP contribution in [0.4, 0.5) is 4.79 Å². The van der Waals surface area contributed by atoms with E-state index in [0.29, 0.717) is 13.3 Å². The zero-order valence-corrected chi connectivity index (χ0v) is 5.72. The first-order valence-electron chi connectivity index (χ1n) is 2.89. The van der Waals surface area contributed by atoms with Crippen LogP contribution >= 0.6 is 0 Å². The van der Waals surface area contributed by atoms with Gasteiger partial charge in [-0.25, -0.2) is 4.79 Å². The van der Waals surface area contributed by atoms with Gasteiger partial charge in [-0.15, -0.1) is 0 Å². The molecule has 0 aromatic rings. The molecule has 1 aliphatic heterocycles. The third-order valence-electron chi connectivity index (χ3n) is 1.35. The number of carbonyl (C=O) groups is 1. The van der Waals surface area contributed by atoms with Crippen molar-refractivity contribution in [1.82, 2.24) is 15.1 Å². The van der Waals surface area contributed by atoms with Crippen LogP contribution < -0.4 is 5.32 Å². The monoisotopic (exact) mass is 129 g/mol. The van der Waals surface area contributed by atoms with Crippen LogP contribution in [0.15, 0.2) is 0 Å². The molecule has 4 nitrogen and oxygen atoms in total. The molecular weight excluding hydrogens is 118 g/mol. The fourth-order valence-electron chi connectivity index (χ4n) is 0.812. The van der Waals surface area contributed by atoms with Gasteiger partial charge in [0.15, 0.2) is 0 Å². The van der Waals surface area contributed by atoms with Gasteiger partial charge in [0, 0.05) is 14.1 Å². The summed E-state index contributed by atoms with van der Waals surface area (Å²) in [6.45, 7) is 1.31. The maximum absolute atomic E-state index is 10.9. The molecule has 1 fully saturated rings. The van der Waals surface area contributed by atoms with Gasteiger partial charge in [0.05, 0.1) is 13.3 Å². The number of nitrogens with one attached hydrogen (secondary N) is 1. The van der Waals surface area contributed by atoms with Gasteiger partial charge in [-0.05, 0) is 0 Å². The van der Waals surface area contributed by atoms with E-state index in [1.54, 1.807) is 23.9 Å². The van der Waals surface area contributed by atoms with Gasteiger partial charge in [0.1, 0.15) is 0 Å². The molecule has 0 unspecified atom stereocenters. The van der Waals surface area contributed by atoms with Crippen molar-refractivity contribution in [1.29, 1.82) is 0 Å². The minimum Gasteiger partial charge on any atom is -0.315 e. The fraction of sp³-hybridized carbons (Fsp3) is 0.800. The van der Waals surface area contributed by atoms with Crippen molar-refractivity contribution < 1.29 is 4.79 Å². The van der Waals surface area contributed by atoms with E-state index in [1.807, 2.05) is 0 Å². The number of urea groups is 1. The number of carbonyl (C=O) groups excluding carboxylic acids is 1. The highest BCUT2D eigenvalue weighted by Gasteiger charge is 2.17. The molecule has 1 rings (SSSR count). The minimum absolute atomic E-state index is 0.0775. The van der Waals surface area contributed by atoms with Gasteiger partial charge in [-0.2, -0.15) is 0 Å². The Balaban J connectivity index is 2.52. The van der Waals surface area contributed by atoms with Gasteiger partial charge >= 0.3 is 6.03 Å². The van der Waals surface area contributed by atoms with Gasteiger partial charge in [-0.3, -0.25) is 5.32 Å². The highest BCUT2D eigenvalue weighted by atomic mass is 16.2. The zero-order chi connectivity index (χ0) is 6.85. The first kappa shape index (κ1) is 6.35. The van der Waals surface area contributed by atoms with Crippen molar-refractivity contribution in [2.24, 2.45) is 0 Å². The Morgan fingerprint density at radius 2 is 1.78 bits per heavy atom. The van der Waals surface area contributed by atoms with E-state index >= 15 is 0 Å². The van der Waals surface area contributed by atoms with Crippen LogP contribution in [-0.2, 0) is 0 Å². The molecule has 0 radical (unpaired) electrons. The number of amides is 2. The predicted octanol–water partition coefficient (Wildman–Crippen LogP) is -0.512. The molecule has 9 heavy (non-hydrogen) atoms. The van der Waals surface area contributed by atoms with Crippen molar-refractivity contribution >= 4 is 6.03 Å². The Kier molecular flexibility index (Phi) is 1.57. The lowest BCUT2D eigenvalue weighted by molar-refractivity contribution is 0.142. The smallest absolute Gasteiger partial charge is 0.315 e. The molecule has 1 heterocycles. The second-order valence-corrected chi connectivity index (χ2v) is 2.24. The largest absolute Gasteiger partial charge is 0.321 e. The summed E-state index contributed by atoms with van der Waals surface area (Å²) < 4.78 is 0. The van der Waals surface area contributed by atoms with Crippen LogP contribution in [-0.4, -0.2) is 43.3 Å². The van der Waals surface area contributed by atoms with E-state index in [9.17, 15) is 4.79 Å². The van der Waals surface area contributed by atoms with Crippen LogP contribution in [0.2, 0.25) is 0 Å². The van der Waals surface area contributed by atoms with E-state index < -0.39 is 0 Å². The first-order valence-corrected chi connectivity index (χ1v) is 2.89. The predicted molar refractivity (Wildman–Crippen MR) is 33.8 cm³/mol. The number of hydrogen-bond donors (Lipinski definition) is 1. The maximum atomic E-state index is 10.9. The average molecular weight is 129 g/mol. The molecule has 0 saturated carbocycles. The molecule has 0 spiro atoms. The summed E-state index contributed by atoms with van der Waals surface area (Å²) in [5.41, 5.74) is 0. The van der Waals surface area contributed by atoms with E-state index in [2.05, 4.69) is 5.32 Å². The quantitative estimate of drug-likeness (QED) is 0.478. The van der Waals surface area contributed by atoms with E-state index in [0.717, 1.165) is 0 Å². The molecule has 0 aromatic heterocycles. The van der Waals surface area contributed by atoms with E-state index in [-0.39, 0.29) is 6.03 Å². The van der Waals surface area contributed by atoms with Gasteiger partial charge in [-0.1, -0.05) is 0 Å². The van der Waals surface area contributed by atoms with Gasteiger partial charge in [0.2, 0.25) is 0 Å². The molecular formula is C5H11N3O. The molecule has 2 amide bonds. The second kappa shape index (κ2) is 2.23. The summed E-state index contributed by atoms with van der Waals surface area (Å²) in [6.07, 6.45) is 0. The van der Waals surface area contributed by atoms with Crippen molar-refractivity contribution in [3.05, 3.63) is 0 Å². The van der Waals surface area contributed by atoms with E-state index in [1.165, 1.54) is 0 Å². The van der Waals surface area contributed by atoms with Crippen molar-refractivity contribution in [3.63, 3.8) is 0 Å². The van der Waals surface area contributed by atoms with Crippen LogP contribution in [0.3, 0.4) is 0 Å². The standard InChI is InChI=1S/C5H11N3O/c1-7-3-6-4-8(2)5(7)9/h6H,3-4H2,1-2H3. The summed E-state index contributed by atoms with van der Waals surface area (Å²) in [4.78, 5) is 14.2. The number of nitrogens with zero attached hydrogens (tertiary/aromatic N) is 2. The fourth-order valence-corrected chi connectivity index (χ4v) is 0.812. The Bertz CT molecular complexity index is 113. The van der Waals surface area contributed by atoms with Gasteiger partial charge in [0.25, 0.3) is 0 Å². The normalized spacial score (nSPS) is 20.9. The molecule has 0 bridgehead atoms. The van der Waals surface area contributed by atoms with Crippen molar-refractivity contribution in [2.45, 2.75) is 0 Å². The third-order valence-corrected chi connectivity index (χ3v) is 1.35. The molecule has 1 saturated heterocycles. The Morgan fingerprint density at radius 3 is 2.11 bits per heavy atom. The molecule has 1 N–H and O–H groups in total. The molecule has 0 aromatic carbocycles. The summed E-state index contributed by atoms with van der Waals surface area (Å²) in [6, 6.07) is 0.0775. The van der Waals surface area contributed by atoms with Crippen LogP contribution in [0.25, 0.3) is 0 Å². The van der Waals surface area contributed by atoms with Gasteiger partial charge < -0.3 is 9.80 Å². The molecule has 52 valence electrons. The average Bonchev–Trinajstić information content (AvgIpc) is 1.83. The van der Waals surface area contributed by atoms with Crippen LogP contribution in [0.5, 0.6) is 0 Å². The summed E-state index contributed by atoms with van der Waals surface area (Å²) in [5, 5.41) is 3.05.